The summed E-state index contributed by atoms with van der Waals surface area (Å²) in [5, 5.41) is 4.27. The first-order valence-corrected chi connectivity index (χ1v) is 6.55. The van der Waals surface area contributed by atoms with Gasteiger partial charge in [0.25, 0.3) is 0 Å². The van der Waals surface area contributed by atoms with Crippen molar-refractivity contribution in [2.24, 2.45) is 5.92 Å². The molecule has 0 amide bonds. The predicted molar refractivity (Wildman–Crippen MR) is 60.8 cm³/mol. The van der Waals surface area contributed by atoms with Crippen LogP contribution < -0.4 is 4.90 Å². The first-order chi connectivity index (χ1) is 6.33. The molecule has 2 rings (SSSR count). The largest absolute Gasteiger partial charge is 0.344 e. The number of anilines is 1. The standard InChI is InChI=1S/C9H13BrN2S/c1-7-2-4-12(8(7)6-10)9-11-3-5-13-9/h3,5,7-8H,2,4,6H2,1H3. The van der Waals surface area contributed by atoms with Gasteiger partial charge in [-0.25, -0.2) is 4.98 Å². The maximum Gasteiger partial charge on any atom is 0.185 e. The Kier molecular flexibility index (Phi) is 2.89. The van der Waals surface area contributed by atoms with Crippen LogP contribution in [0.3, 0.4) is 0 Å². The summed E-state index contributed by atoms with van der Waals surface area (Å²) in [6, 6.07) is 0.631. The van der Waals surface area contributed by atoms with Crippen LogP contribution in [-0.4, -0.2) is 22.9 Å². The van der Waals surface area contributed by atoms with Gasteiger partial charge in [0.05, 0.1) is 0 Å². The molecule has 1 fully saturated rings. The molecule has 2 nitrogen and oxygen atoms in total. The van der Waals surface area contributed by atoms with E-state index >= 15 is 0 Å². The number of thiazole rings is 1. The first kappa shape index (κ1) is 9.46. The zero-order valence-electron chi connectivity index (χ0n) is 7.61. The van der Waals surface area contributed by atoms with Gasteiger partial charge in [-0.3, -0.25) is 0 Å². The Morgan fingerprint density at radius 2 is 2.62 bits per heavy atom. The molecule has 0 aromatic carbocycles. The normalized spacial score (nSPS) is 28.3. The molecular formula is C9H13BrN2S. The van der Waals surface area contributed by atoms with Gasteiger partial charge in [-0.2, -0.15) is 0 Å². The van der Waals surface area contributed by atoms with Crippen molar-refractivity contribution in [2.45, 2.75) is 19.4 Å². The molecule has 2 atom stereocenters. The molecule has 2 heterocycles. The van der Waals surface area contributed by atoms with Crippen LogP contribution in [0.15, 0.2) is 11.6 Å². The molecular weight excluding hydrogens is 248 g/mol. The van der Waals surface area contributed by atoms with Crippen LogP contribution >= 0.6 is 27.3 Å². The van der Waals surface area contributed by atoms with Gasteiger partial charge in [0.15, 0.2) is 5.13 Å². The van der Waals surface area contributed by atoms with E-state index in [2.05, 4.69) is 32.7 Å². The van der Waals surface area contributed by atoms with E-state index in [4.69, 9.17) is 0 Å². The fraction of sp³-hybridized carbons (Fsp3) is 0.667. The Labute approximate surface area is 91.1 Å². The molecule has 1 aromatic heterocycles. The second-order valence-corrected chi connectivity index (χ2v) is 5.02. The third kappa shape index (κ3) is 1.74. The Bertz CT molecular complexity index is 263. The third-order valence-electron chi connectivity index (χ3n) is 2.71. The van der Waals surface area contributed by atoms with Gasteiger partial charge in [0, 0.05) is 29.5 Å². The Balaban J connectivity index is 2.16. The van der Waals surface area contributed by atoms with Gasteiger partial charge in [0.2, 0.25) is 0 Å². The lowest BCUT2D eigenvalue weighted by Gasteiger charge is -2.24. The molecule has 1 saturated heterocycles. The molecule has 4 heteroatoms. The molecule has 0 radical (unpaired) electrons. The molecule has 1 aromatic rings. The summed E-state index contributed by atoms with van der Waals surface area (Å²) in [5.41, 5.74) is 0. The van der Waals surface area contributed by atoms with Crippen LogP contribution in [0, 0.1) is 5.92 Å². The summed E-state index contributed by atoms with van der Waals surface area (Å²) in [7, 11) is 0. The third-order valence-corrected chi connectivity index (χ3v) is 4.18. The molecule has 0 bridgehead atoms. The molecule has 1 aliphatic heterocycles. The minimum absolute atomic E-state index is 0.631. The van der Waals surface area contributed by atoms with E-state index < -0.39 is 0 Å². The van der Waals surface area contributed by atoms with E-state index in [0.717, 1.165) is 17.8 Å². The van der Waals surface area contributed by atoms with E-state index in [9.17, 15) is 0 Å². The second-order valence-electron chi connectivity index (χ2n) is 3.50. The van der Waals surface area contributed by atoms with Gasteiger partial charge in [-0.05, 0) is 12.3 Å². The van der Waals surface area contributed by atoms with E-state index in [1.165, 1.54) is 11.6 Å². The molecule has 72 valence electrons. The highest BCUT2D eigenvalue weighted by Crippen LogP contribution is 2.31. The van der Waals surface area contributed by atoms with Crippen LogP contribution in [0.4, 0.5) is 5.13 Å². The number of hydrogen-bond donors (Lipinski definition) is 0. The highest BCUT2D eigenvalue weighted by atomic mass is 79.9. The summed E-state index contributed by atoms with van der Waals surface area (Å²) < 4.78 is 0. The van der Waals surface area contributed by atoms with E-state index in [-0.39, 0.29) is 0 Å². The van der Waals surface area contributed by atoms with Crippen LogP contribution in [0.2, 0.25) is 0 Å². The maximum atomic E-state index is 4.35. The SMILES string of the molecule is CC1CCN(c2nccs2)C1CBr. The maximum absolute atomic E-state index is 4.35. The first-order valence-electron chi connectivity index (χ1n) is 4.55. The van der Waals surface area contributed by atoms with Crippen molar-refractivity contribution < 1.29 is 0 Å². The second kappa shape index (κ2) is 3.96. The number of alkyl halides is 1. The van der Waals surface area contributed by atoms with Crippen molar-refractivity contribution in [3.05, 3.63) is 11.6 Å². The fourth-order valence-corrected chi connectivity index (χ4v) is 3.55. The van der Waals surface area contributed by atoms with Crippen LogP contribution in [0.25, 0.3) is 0 Å². The summed E-state index contributed by atoms with van der Waals surface area (Å²) in [5.74, 6) is 0.781. The van der Waals surface area contributed by atoms with Gasteiger partial charge in [-0.15, -0.1) is 11.3 Å². The summed E-state index contributed by atoms with van der Waals surface area (Å²) in [4.78, 5) is 6.78. The summed E-state index contributed by atoms with van der Waals surface area (Å²) in [6.45, 7) is 3.48. The van der Waals surface area contributed by atoms with Crippen LogP contribution in [0.1, 0.15) is 13.3 Å². The monoisotopic (exact) mass is 260 g/mol. The molecule has 1 aliphatic rings. The van der Waals surface area contributed by atoms with Crippen molar-refractivity contribution in [3.8, 4) is 0 Å². The lowest BCUT2D eigenvalue weighted by molar-refractivity contribution is 0.554. The molecule has 0 N–H and O–H groups in total. The Morgan fingerprint density at radius 3 is 3.23 bits per heavy atom. The zero-order chi connectivity index (χ0) is 9.26. The smallest absolute Gasteiger partial charge is 0.185 e. The molecule has 0 aliphatic carbocycles. The van der Waals surface area contributed by atoms with Gasteiger partial charge >= 0.3 is 0 Å². The van der Waals surface area contributed by atoms with Crippen molar-refractivity contribution in [2.75, 3.05) is 16.8 Å². The average Bonchev–Trinajstić information content (AvgIpc) is 2.71. The number of aromatic nitrogens is 1. The summed E-state index contributed by atoms with van der Waals surface area (Å²) in [6.07, 6.45) is 3.17. The van der Waals surface area contributed by atoms with Crippen molar-refractivity contribution in [1.82, 2.24) is 4.98 Å². The minimum Gasteiger partial charge on any atom is -0.344 e. The minimum atomic E-state index is 0.631. The van der Waals surface area contributed by atoms with E-state index in [0.29, 0.717) is 6.04 Å². The Morgan fingerprint density at radius 1 is 1.77 bits per heavy atom. The highest BCUT2D eigenvalue weighted by Gasteiger charge is 2.31. The fourth-order valence-electron chi connectivity index (χ4n) is 1.84. The zero-order valence-corrected chi connectivity index (χ0v) is 10.0. The highest BCUT2D eigenvalue weighted by molar-refractivity contribution is 9.09. The lowest BCUT2D eigenvalue weighted by Crippen LogP contribution is -2.33. The topological polar surface area (TPSA) is 16.1 Å². The van der Waals surface area contributed by atoms with Crippen molar-refractivity contribution >= 4 is 32.4 Å². The molecule has 13 heavy (non-hydrogen) atoms. The number of hydrogen-bond acceptors (Lipinski definition) is 3. The number of halogens is 1. The van der Waals surface area contributed by atoms with Gasteiger partial charge in [-0.1, -0.05) is 22.9 Å². The average molecular weight is 261 g/mol. The van der Waals surface area contributed by atoms with Crippen LogP contribution in [-0.2, 0) is 0 Å². The number of rotatable bonds is 2. The molecule has 0 saturated carbocycles. The van der Waals surface area contributed by atoms with E-state index in [1.807, 2.05) is 11.6 Å². The van der Waals surface area contributed by atoms with Crippen molar-refractivity contribution in [1.29, 1.82) is 0 Å². The number of nitrogens with zero attached hydrogens (tertiary/aromatic N) is 2. The van der Waals surface area contributed by atoms with Crippen LogP contribution in [0.5, 0.6) is 0 Å². The van der Waals surface area contributed by atoms with E-state index in [1.54, 1.807) is 11.3 Å². The quantitative estimate of drug-likeness (QED) is 0.761. The van der Waals surface area contributed by atoms with Crippen molar-refractivity contribution in [3.63, 3.8) is 0 Å². The molecule has 0 spiro atoms. The summed E-state index contributed by atoms with van der Waals surface area (Å²) >= 11 is 5.31. The predicted octanol–water partition coefficient (Wildman–Crippen LogP) is 2.75. The van der Waals surface area contributed by atoms with Gasteiger partial charge in [0.1, 0.15) is 0 Å². The lowest BCUT2D eigenvalue weighted by atomic mass is 10.1. The van der Waals surface area contributed by atoms with Gasteiger partial charge < -0.3 is 4.90 Å². The Hall–Kier alpha value is -0.0900. The molecule has 2 unspecified atom stereocenters.